The van der Waals surface area contributed by atoms with Crippen molar-refractivity contribution < 1.29 is 0 Å². The molecule has 0 aliphatic heterocycles. The zero-order chi connectivity index (χ0) is 6.20. The maximum atomic E-state index is 5.54. The Kier molecular flexibility index (Phi) is 1.07. The van der Waals surface area contributed by atoms with Gasteiger partial charge in [0.15, 0.2) is 0 Å². The number of allylic oxidation sites excluding steroid dienone is 1. The third-order valence-electron chi connectivity index (χ3n) is 2.23. The molecule has 0 aromatic carbocycles. The largest absolute Gasteiger partial charge is 0.402 e. The second kappa shape index (κ2) is 1.51. The topological polar surface area (TPSA) is 26.0 Å². The molecule has 1 aliphatic carbocycles. The van der Waals surface area contributed by atoms with Gasteiger partial charge in [0, 0.05) is 11.1 Å². The van der Waals surface area contributed by atoms with Gasteiger partial charge in [0.1, 0.15) is 0 Å². The Morgan fingerprint density at radius 2 is 2.12 bits per heavy atom. The van der Waals surface area contributed by atoms with Crippen LogP contribution in [0.3, 0.4) is 0 Å². The number of rotatable bonds is 1. The summed E-state index contributed by atoms with van der Waals surface area (Å²) >= 11 is 0. The van der Waals surface area contributed by atoms with Gasteiger partial charge in [-0.05, 0) is 12.8 Å². The van der Waals surface area contributed by atoms with E-state index in [-0.39, 0.29) is 0 Å². The predicted octanol–water partition coefficient (Wildman–Crippen LogP) is 1.65. The molecule has 0 heterocycles. The number of hydrogen-bond acceptors (Lipinski definition) is 1. The normalized spacial score (nSPS) is 24.1. The van der Waals surface area contributed by atoms with Gasteiger partial charge in [0.05, 0.1) is 0 Å². The predicted molar refractivity (Wildman–Crippen MR) is 35.3 cm³/mol. The lowest BCUT2D eigenvalue weighted by atomic mass is 9.69. The molecular weight excluding hydrogens is 98.1 g/mol. The van der Waals surface area contributed by atoms with Gasteiger partial charge in [-0.1, -0.05) is 19.9 Å². The van der Waals surface area contributed by atoms with Crippen LogP contribution in [-0.2, 0) is 0 Å². The maximum Gasteiger partial charge on any atom is 0.00676 e. The van der Waals surface area contributed by atoms with Crippen LogP contribution < -0.4 is 5.73 Å². The number of nitrogens with two attached hydrogens (primary N) is 1. The lowest BCUT2D eigenvalue weighted by Crippen LogP contribution is -2.31. The molecule has 1 fully saturated rings. The first-order chi connectivity index (χ1) is 3.65. The van der Waals surface area contributed by atoms with Crippen LogP contribution in [0.4, 0.5) is 0 Å². The number of hydrogen-bond donors (Lipinski definition) is 1. The van der Waals surface area contributed by atoms with E-state index in [9.17, 15) is 0 Å². The molecule has 0 amide bonds. The molecule has 0 bridgehead atoms. The fraction of sp³-hybridized carbons (Fsp3) is 0.714. The van der Waals surface area contributed by atoms with Gasteiger partial charge in [-0.25, -0.2) is 0 Å². The quantitative estimate of drug-likeness (QED) is 0.547. The SMILES string of the molecule is C=C(N)C1(C)CCC1. The van der Waals surface area contributed by atoms with Crippen molar-refractivity contribution in [2.45, 2.75) is 26.2 Å². The highest BCUT2D eigenvalue weighted by Crippen LogP contribution is 2.43. The van der Waals surface area contributed by atoms with E-state index in [1.54, 1.807) is 0 Å². The first-order valence-corrected chi connectivity index (χ1v) is 3.10. The smallest absolute Gasteiger partial charge is 0.00676 e. The van der Waals surface area contributed by atoms with Crippen molar-refractivity contribution in [1.29, 1.82) is 0 Å². The minimum absolute atomic E-state index is 0.306. The average Bonchev–Trinajstić information content (AvgIpc) is 1.60. The summed E-state index contributed by atoms with van der Waals surface area (Å²) in [7, 11) is 0. The van der Waals surface area contributed by atoms with Gasteiger partial charge in [0.2, 0.25) is 0 Å². The van der Waals surface area contributed by atoms with Gasteiger partial charge in [-0.2, -0.15) is 0 Å². The Bertz CT molecular complexity index is 112. The van der Waals surface area contributed by atoms with Gasteiger partial charge in [0.25, 0.3) is 0 Å². The standard InChI is InChI=1S/C7H13N/c1-6(8)7(2)4-3-5-7/h1,3-5,8H2,2H3. The Balaban J connectivity index is 2.53. The van der Waals surface area contributed by atoms with Gasteiger partial charge >= 0.3 is 0 Å². The molecule has 1 saturated carbocycles. The molecule has 8 heavy (non-hydrogen) atoms. The van der Waals surface area contributed by atoms with Crippen molar-refractivity contribution in [2.75, 3.05) is 0 Å². The first-order valence-electron chi connectivity index (χ1n) is 3.10. The molecule has 0 radical (unpaired) electrons. The van der Waals surface area contributed by atoms with Crippen molar-refractivity contribution in [3.63, 3.8) is 0 Å². The van der Waals surface area contributed by atoms with E-state index >= 15 is 0 Å². The molecule has 0 spiro atoms. The second-order valence-corrected chi connectivity index (χ2v) is 2.94. The third kappa shape index (κ3) is 0.623. The van der Waals surface area contributed by atoms with Gasteiger partial charge in [-0.3, -0.25) is 0 Å². The second-order valence-electron chi connectivity index (χ2n) is 2.94. The zero-order valence-corrected chi connectivity index (χ0v) is 5.41. The summed E-state index contributed by atoms with van der Waals surface area (Å²) in [5.74, 6) is 0. The molecule has 2 N–H and O–H groups in total. The molecule has 1 rings (SSSR count). The molecule has 1 nitrogen and oxygen atoms in total. The fourth-order valence-corrected chi connectivity index (χ4v) is 1.03. The molecule has 0 unspecified atom stereocenters. The van der Waals surface area contributed by atoms with E-state index in [2.05, 4.69) is 13.5 Å². The van der Waals surface area contributed by atoms with Crippen molar-refractivity contribution in [3.8, 4) is 0 Å². The molecule has 1 aliphatic rings. The Labute approximate surface area is 50.6 Å². The summed E-state index contributed by atoms with van der Waals surface area (Å²) in [6.07, 6.45) is 3.80. The van der Waals surface area contributed by atoms with E-state index < -0.39 is 0 Å². The summed E-state index contributed by atoms with van der Waals surface area (Å²) in [6.45, 7) is 5.91. The molecule has 0 saturated heterocycles. The first kappa shape index (κ1) is 5.67. The Hall–Kier alpha value is -0.460. The zero-order valence-electron chi connectivity index (χ0n) is 5.41. The van der Waals surface area contributed by atoms with Crippen molar-refractivity contribution in [2.24, 2.45) is 11.1 Å². The average molecular weight is 111 g/mol. The van der Waals surface area contributed by atoms with Gasteiger partial charge in [-0.15, -0.1) is 0 Å². The van der Waals surface area contributed by atoms with Crippen LogP contribution in [0, 0.1) is 5.41 Å². The highest BCUT2D eigenvalue weighted by molar-refractivity contribution is 5.08. The van der Waals surface area contributed by atoms with Crippen LogP contribution in [0.25, 0.3) is 0 Å². The highest BCUT2D eigenvalue weighted by atomic mass is 14.6. The van der Waals surface area contributed by atoms with E-state index in [0.717, 1.165) is 5.70 Å². The third-order valence-corrected chi connectivity index (χ3v) is 2.23. The van der Waals surface area contributed by atoms with Crippen LogP contribution in [-0.4, -0.2) is 0 Å². The van der Waals surface area contributed by atoms with Crippen LogP contribution in [0.1, 0.15) is 26.2 Å². The van der Waals surface area contributed by atoms with Gasteiger partial charge < -0.3 is 5.73 Å². The molecule has 0 aromatic rings. The van der Waals surface area contributed by atoms with Crippen LogP contribution in [0.5, 0.6) is 0 Å². The van der Waals surface area contributed by atoms with Crippen molar-refractivity contribution in [1.82, 2.24) is 0 Å². The summed E-state index contributed by atoms with van der Waals surface area (Å²) in [5, 5.41) is 0. The molecule has 46 valence electrons. The summed E-state index contributed by atoms with van der Waals surface area (Å²) < 4.78 is 0. The van der Waals surface area contributed by atoms with Crippen LogP contribution >= 0.6 is 0 Å². The van der Waals surface area contributed by atoms with Crippen molar-refractivity contribution >= 4 is 0 Å². The minimum Gasteiger partial charge on any atom is -0.402 e. The minimum atomic E-state index is 0.306. The van der Waals surface area contributed by atoms with E-state index in [0.29, 0.717) is 5.41 Å². The fourth-order valence-electron chi connectivity index (χ4n) is 1.03. The Morgan fingerprint density at radius 3 is 2.12 bits per heavy atom. The lowest BCUT2D eigenvalue weighted by Gasteiger charge is -2.38. The highest BCUT2D eigenvalue weighted by Gasteiger charge is 2.32. The van der Waals surface area contributed by atoms with Crippen LogP contribution in [0.2, 0.25) is 0 Å². The lowest BCUT2D eigenvalue weighted by molar-refractivity contribution is 0.213. The van der Waals surface area contributed by atoms with E-state index in [1.807, 2.05) is 0 Å². The molecule has 0 atom stereocenters. The monoisotopic (exact) mass is 111 g/mol. The summed E-state index contributed by atoms with van der Waals surface area (Å²) in [5.41, 5.74) is 6.71. The maximum absolute atomic E-state index is 5.54. The van der Waals surface area contributed by atoms with E-state index in [4.69, 9.17) is 5.73 Å². The summed E-state index contributed by atoms with van der Waals surface area (Å²) in [6, 6.07) is 0. The molecule has 0 aromatic heterocycles. The summed E-state index contributed by atoms with van der Waals surface area (Å²) in [4.78, 5) is 0. The van der Waals surface area contributed by atoms with Crippen molar-refractivity contribution in [3.05, 3.63) is 12.3 Å². The van der Waals surface area contributed by atoms with Crippen LogP contribution in [0.15, 0.2) is 12.3 Å². The Morgan fingerprint density at radius 1 is 1.62 bits per heavy atom. The molecule has 1 heteroatoms. The molecular formula is C7H13N. The van der Waals surface area contributed by atoms with E-state index in [1.165, 1.54) is 19.3 Å².